The van der Waals surface area contributed by atoms with Crippen molar-refractivity contribution in [2.75, 3.05) is 25.5 Å². The van der Waals surface area contributed by atoms with Crippen molar-refractivity contribution < 1.29 is 4.79 Å². The highest BCUT2D eigenvalue weighted by Gasteiger charge is 2.23. The lowest BCUT2D eigenvalue weighted by molar-refractivity contribution is -0.121. The molecule has 1 aliphatic carbocycles. The number of nitrogens with zero attached hydrogens (tertiary/aromatic N) is 1. The van der Waals surface area contributed by atoms with Crippen LogP contribution in [0, 0.1) is 0 Å². The molecule has 132 valence electrons. The average Bonchev–Trinajstić information content (AvgIpc) is 3.02. The van der Waals surface area contributed by atoms with Gasteiger partial charge in [-0.1, -0.05) is 36.4 Å². The maximum Gasteiger partial charge on any atom is 0.220 e. The van der Waals surface area contributed by atoms with Crippen LogP contribution in [0.3, 0.4) is 0 Å². The van der Waals surface area contributed by atoms with E-state index in [1.54, 1.807) is 0 Å². The molecule has 3 heteroatoms. The number of anilines is 1. The molecule has 1 N–H and O–H groups in total. The second kappa shape index (κ2) is 8.19. The monoisotopic (exact) mass is 336 g/mol. The Morgan fingerprint density at radius 2 is 1.88 bits per heavy atom. The molecule has 0 aliphatic heterocycles. The molecular weight excluding hydrogens is 308 g/mol. The molecule has 0 bridgehead atoms. The molecule has 0 spiro atoms. The summed E-state index contributed by atoms with van der Waals surface area (Å²) in [5.74, 6) is 0.583. The van der Waals surface area contributed by atoms with Crippen molar-refractivity contribution in [1.82, 2.24) is 5.32 Å². The van der Waals surface area contributed by atoms with E-state index in [1.165, 1.54) is 22.4 Å². The van der Waals surface area contributed by atoms with Gasteiger partial charge in [0.1, 0.15) is 0 Å². The minimum atomic E-state index is 0.185. The van der Waals surface area contributed by atoms with Crippen LogP contribution in [0.5, 0.6) is 0 Å². The normalized spacial score (nSPS) is 15.7. The lowest BCUT2D eigenvalue weighted by Crippen LogP contribution is -2.26. The standard InChI is InChI=1S/C22H28N2O/c1-24(2)20-13-9-17(10-14-20)6-5-15-23-22(25)16-19-12-11-18-7-3-4-8-21(18)19/h3-4,7-10,13-14,19H,5-6,11-12,15-16H2,1-2H3,(H,23,25). The molecule has 3 nitrogen and oxygen atoms in total. The quantitative estimate of drug-likeness (QED) is 0.777. The van der Waals surface area contributed by atoms with Crippen molar-refractivity contribution in [3.05, 3.63) is 65.2 Å². The highest BCUT2D eigenvalue weighted by atomic mass is 16.1. The Balaban J connectivity index is 1.38. The van der Waals surface area contributed by atoms with Gasteiger partial charge in [0, 0.05) is 32.7 Å². The lowest BCUT2D eigenvalue weighted by atomic mass is 9.97. The Hall–Kier alpha value is -2.29. The van der Waals surface area contributed by atoms with Gasteiger partial charge in [0.25, 0.3) is 0 Å². The Labute approximate surface area is 151 Å². The smallest absolute Gasteiger partial charge is 0.220 e. The molecule has 0 aromatic heterocycles. The molecule has 0 saturated heterocycles. The fourth-order valence-electron chi connectivity index (χ4n) is 3.63. The minimum absolute atomic E-state index is 0.185. The molecule has 0 saturated carbocycles. The van der Waals surface area contributed by atoms with Crippen LogP contribution in [0.15, 0.2) is 48.5 Å². The zero-order valence-corrected chi connectivity index (χ0v) is 15.3. The summed E-state index contributed by atoms with van der Waals surface area (Å²) in [4.78, 5) is 14.3. The summed E-state index contributed by atoms with van der Waals surface area (Å²) in [6.07, 6.45) is 4.81. The predicted octanol–water partition coefficient (Wildman–Crippen LogP) is 3.92. The van der Waals surface area contributed by atoms with Gasteiger partial charge in [-0.2, -0.15) is 0 Å². The third-order valence-corrected chi connectivity index (χ3v) is 5.11. The average molecular weight is 336 g/mol. The van der Waals surface area contributed by atoms with Gasteiger partial charge >= 0.3 is 0 Å². The molecule has 3 rings (SSSR count). The first-order chi connectivity index (χ1) is 12.1. The topological polar surface area (TPSA) is 32.3 Å². The van der Waals surface area contributed by atoms with Gasteiger partial charge in [-0.05, 0) is 60.4 Å². The maximum absolute atomic E-state index is 12.2. The maximum atomic E-state index is 12.2. The van der Waals surface area contributed by atoms with E-state index in [0.717, 1.165) is 32.2 Å². The van der Waals surface area contributed by atoms with Crippen LogP contribution >= 0.6 is 0 Å². The van der Waals surface area contributed by atoms with Gasteiger partial charge in [0.15, 0.2) is 0 Å². The SMILES string of the molecule is CN(C)c1ccc(CCCNC(=O)CC2CCc3ccccc32)cc1. The number of nitrogens with one attached hydrogen (secondary N) is 1. The summed E-state index contributed by atoms with van der Waals surface area (Å²) in [7, 11) is 4.10. The van der Waals surface area contributed by atoms with Crippen LogP contribution in [0.25, 0.3) is 0 Å². The molecular formula is C22H28N2O. The number of rotatable bonds is 7. The van der Waals surface area contributed by atoms with E-state index in [4.69, 9.17) is 0 Å². The number of benzene rings is 2. The van der Waals surface area contributed by atoms with E-state index in [2.05, 4.69) is 58.7 Å². The highest BCUT2D eigenvalue weighted by Crippen LogP contribution is 2.34. The first-order valence-electron chi connectivity index (χ1n) is 9.24. The summed E-state index contributed by atoms with van der Waals surface area (Å²) in [5, 5.41) is 3.09. The van der Waals surface area contributed by atoms with Gasteiger partial charge in [-0.3, -0.25) is 4.79 Å². The molecule has 25 heavy (non-hydrogen) atoms. The number of hydrogen-bond donors (Lipinski definition) is 1. The van der Waals surface area contributed by atoms with Crippen molar-refractivity contribution in [2.45, 2.75) is 38.0 Å². The van der Waals surface area contributed by atoms with E-state index in [-0.39, 0.29) is 5.91 Å². The van der Waals surface area contributed by atoms with Crippen molar-refractivity contribution >= 4 is 11.6 Å². The Morgan fingerprint density at radius 3 is 2.64 bits per heavy atom. The van der Waals surface area contributed by atoms with E-state index >= 15 is 0 Å². The zero-order valence-electron chi connectivity index (χ0n) is 15.3. The van der Waals surface area contributed by atoms with E-state index in [9.17, 15) is 4.79 Å². The van der Waals surface area contributed by atoms with Crippen LogP contribution in [-0.4, -0.2) is 26.5 Å². The highest BCUT2D eigenvalue weighted by molar-refractivity contribution is 5.77. The second-order valence-electron chi connectivity index (χ2n) is 7.15. The molecule has 1 atom stereocenters. The summed E-state index contributed by atoms with van der Waals surface area (Å²) < 4.78 is 0. The number of hydrogen-bond acceptors (Lipinski definition) is 2. The van der Waals surface area contributed by atoms with Crippen LogP contribution in [0.1, 0.15) is 41.9 Å². The van der Waals surface area contributed by atoms with Crippen LogP contribution in [0.2, 0.25) is 0 Å². The summed E-state index contributed by atoms with van der Waals surface area (Å²) >= 11 is 0. The fraction of sp³-hybridized carbons (Fsp3) is 0.409. The molecule has 2 aromatic carbocycles. The Kier molecular flexibility index (Phi) is 5.75. The van der Waals surface area contributed by atoms with E-state index in [0.29, 0.717) is 12.3 Å². The largest absolute Gasteiger partial charge is 0.378 e. The van der Waals surface area contributed by atoms with Crippen LogP contribution < -0.4 is 10.2 Å². The number of carbonyl (C=O) groups is 1. The van der Waals surface area contributed by atoms with Gasteiger partial charge in [0.2, 0.25) is 5.91 Å². The fourth-order valence-corrected chi connectivity index (χ4v) is 3.63. The van der Waals surface area contributed by atoms with E-state index < -0.39 is 0 Å². The van der Waals surface area contributed by atoms with Gasteiger partial charge in [0.05, 0.1) is 0 Å². The third kappa shape index (κ3) is 4.62. The Bertz CT molecular complexity index is 706. The lowest BCUT2D eigenvalue weighted by Gasteiger charge is -2.13. The van der Waals surface area contributed by atoms with Gasteiger partial charge in [-0.15, -0.1) is 0 Å². The van der Waals surface area contributed by atoms with Crippen LogP contribution in [-0.2, 0) is 17.6 Å². The molecule has 0 radical (unpaired) electrons. The van der Waals surface area contributed by atoms with Gasteiger partial charge in [-0.25, -0.2) is 0 Å². The molecule has 1 amide bonds. The Morgan fingerprint density at radius 1 is 1.12 bits per heavy atom. The number of carbonyl (C=O) groups excluding carboxylic acids is 1. The predicted molar refractivity (Wildman–Crippen MR) is 104 cm³/mol. The third-order valence-electron chi connectivity index (χ3n) is 5.11. The number of amides is 1. The molecule has 1 aliphatic rings. The molecule has 0 fully saturated rings. The second-order valence-corrected chi connectivity index (χ2v) is 7.15. The van der Waals surface area contributed by atoms with Crippen molar-refractivity contribution in [1.29, 1.82) is 0 Å². The number of fused-ring (bicyclic) bond motifs is 1. The zero-order chi connectivity index (χ0) is 17.6. The van der Waals surface area contributed by atoms with Crippen molar-refractivity contribution in [3.8, 4) is 0 Å². The summed E-state index contributed by atoms with van der Waals surface area (Å²) in [5.41, 5.74) is 5.33. The van der Waals surface area contributed by atoms with Crippen molar-refractivity contribution in [2.24, 2.45) is 0 Å². The molecule has 2 aromatic rings. The van der Waals surface area contributed by atoms with Gasteiger partial charge < -0.3 is 10.2 Å². The number of aryl methyl sites for hydroxylation is 2. The molecule has 1 unspecified atom stereocenters. The minimum Gasteiger partial charge on any atom is -0.378 e. The summed E-state index contributed by atoms with van der Waals surface area (Å²) in [6.45, 7) is 0.753. The summed E-state index contributed by atoms with van der Waals surface area (Å²) in [6, 6.07) is 17.2. The van der Waals surface area contributed by atoms with E-state index in [1.807, 2.05) is 14.1 Å². The first-order valence-corrected chi connectivity index (χ1v) is 9.24. The van der Waals surface area contributed by atoms with Crippen molar-refractivity contribution in [3.63, 3.8) is 0 Å². The first kappa shape index (κ1) is 17.5. The molecule has 0 heterocycles. The van der Waals surface area contributed by atoms with Crippen LogP contribution in [0.4, 0.5) is 5.69 Å².